The van der Waals surface area contributed by atoms with Gasteiger partial charge in [0, 0.05) is 0 Å². The number of carbonyl (C=O) groups excluding carboxylic acids is 1. The van der Waals surface area contributed by atoms with E-state index in [2.05, 4.69) is 15.4 Å². The molecule has 0 unspecified atom stereocenters. The predicted octanol–water partition coefficient (Wildman–Crippen LogP) is 0.293. The predicted molar refractivity (Wildman–Crippen MR) is 65.1 cm³/mol. The highest BCUT2D eigenvalue weighted by Gasteiger charge is 2.24. The van der Waals surface area contributed by atoms with Crippen LogP contribution in [0.4, 0.5) is 0 Å². The quantitative estimate of drug-likeness (QED) is 0.729. The Morgan fingerprint density at radius 1 is 1.26 bits per heavy atom. The Balaban J connectivity index is 2.72. The number of phenolic OH excluding ortho intramolecular Hbond substituents is 1. The summed E-state index contributed by atoms with van der Waals surface area (Å²) < 4.78 is 10.1. The Morgan fingerprint density at radius 3 is 2.47 bits per heavy atom. The number of aromatic amines is 1. The summed E-state index contributed by atoms with van der Waals surface area (Å²) in [4.78, 5) is 11.3. The molecule has 1 amide bonds. The summed E-state index contributed by atoms with van der Waals surface area (Å²) in [6.07, 6.45) is 0. The molecule has 1 heterocycles. The van der Waals surface area contributed by atoms with E-state index in [9.17, 15) is 9.90 Å². The zero-order valence-electron chi connectivity index (χ0n) is 10.3. The first-order chi connectivity index (χ1) is 9.10. The van der Waals surface area contributed by atoms with Crippen LogP contribution in [0.15, 0.2) is 12.1 Å². The summed E-state index contributed by atoms with van der Waals surface area (Å²) in [5.74, 6) is -0.449. The molecule has 0 aliphatic carbocycles. The second-order valence-corrected chi connectivity index (χ2v) is 3.58. The van der Waals surface area contributed by atoms with Crippen molar-refractivity contribution in [2.24, 2.45) is 5.73 Å². The molecule has 19 heavy (non-hydrogen) atoms. The van der Waals surface area contributed by atoms with E-state index < -0.39 is 5.91 Å². The molecule has 0 bridgehead atoms. The average molecular weight is 264 g/mol. The first-order valence-corrected chi connectivity index (χ1v) is 5.25. The third kappa shape index (κ3) is 2.03. The smallest absolute Gasteiger partial charge is 0.271 e. The van der Waals surface area contributed by atoms with Gasteiger partial charge in [0.2, 0.25) is 0 Å². The molecule has 2 aromatic rings. The van der Waals surface area contributed by atoms with Crippen LogP contribution in [0.5, 0.6) is 17.2 Å². The minimum absolute atomic E-state index is 0.0955. The maximum absolute atomic E-state index is 11.3. The van der Waals surface area contributed by atoms with E-state index in [4.69, 9.17) is 15.2 Å². The first-order valence-electron chi connectivity index (χ1n) is 5.25. The Kier molecular flexibility index (Phi) is 3.23. The molecule has 0 fully saturated rings. The van der Waals surface area contributed by atoms with Crippen molar-refractivity contribution in [3.8, 4) is 28.5 Å². The number of methoxy groups -OCH3 is 2. The molecule has 1 aromatic heterocycles. The molecular weight excluding hydrogens is 252 g/mol. The molecule has 2 rings (SSSR count). The second kappa shape index (κ2) is 4.84. The Hall–Kier alpha value is -2.77. The molecule has 8 heteroatoms. The first kappa shape index (κ1) is 12.7. The molecule has 4 N–H and O–H groups in total. The van der Waals surface area contributed by atoms with Gasteiger partial charge in [0.25, 0.3) is 5.91 Å². The molecule has 0 atom stereocenters. The van der Waals surface area contributed by atoms with E-state index in [0.29, 0.717) is 5.75 Å². The van der Waals surface area contributed by atoms with Gasteiger partial charge in [0.15, 0.2) is 17.2 Å². The van der Waals surface area contributed by atoms with Crippen LogP contribution in [-0.2, 0) is 0 Å². The number of aromatic hydroxyl groups is 1. The summed E-state index contributed by atoms with van der Waals surface area (Å²) in [6.45, 7) is 0. The van der Waals surface area contributed by atoms with Crippen molar-refractivity contribution in [1.29, 1.82) is 0 Å². The van der Waals surface area contributed by atoms with Gasteiger partial charge in [-0.3, -0.25) is 4.79 Å². The van der Waals surface area contributed by atoms with Gasteiger partial charge >= 0.3 is 0 Å². The highest BCUT2D eigenvalue weighted by molar-refractivity contribution is 5.98. The van der Waals surface area contributed by atoms with Crippen LogP contribution in [-0.4, -0.2) is 40.6 Å². The molecule has 8 nitrogen and oxygen atoms in total. The lowest BCUT2D eigenvalue weighted by molar-refractivity contribution is 0.0996. The van der Waals surface area contributed by atoms with Gasteiger partial charge in [-0.15, -0.1) is 0 Å². The molecule has 0 radical (unpaired) electrons. The highest BCUT2D eigenvalue weighted by Crippen LogP contribution is 2.43. The number of ether oxygens (including phenoxy) is 2. The fourth-order valence-corrected chi connectivity index (χ4v) is 1.69. The number of H-pyrrole nitrogens is 1. The Labute approximate surface area is 108 Å². The summed E-state index contributed by atoms with van der Waals surface area (Å²) in [6, 6.07) is 3.11. The van der Waals surface area contributed by atoms with Crippen molar-refractivity contribution in [3.63, 3.8) is 0 Å². The number of nitrogens with zero attached hydrogens (tertiary/aromatic N) is 2. The molecule has 1 aromatic carbocycles. The standard InChI is InChI=1S/C11H12N4O4/c1-18-5-3-4-6(19-2)10(16)7(5)8-9(11(12)17)14-15-13-8/h3-4,16H,1-2H3,(H2,12,17)(H,13,14,15). The molecule has 0 saturated carbocycles. The zero-order valence-corrected chi connectivity index (χ0v) is 10.3. The molecule has 0 aliphatic rings. The van der Waals surface area contributed by atoms with E-state index in [1.807, 2.05) is 0 Å². The number of nitrogens with two attached hydrogens (primary N) is 1. The van der Waals surface area contributed by atoms with Crippen LogP contribution in [0.1, 0.15) is 10.5 Å². The minimum Gasteiger partial charge on any atom is -0.504 e. The number of primary amides is 1. The van der Waals surface area contributed by atoms with Crippen LogP contribution in [0, 0.1) is 0 Å². The maximum Gasteiger partial charge on any atom is 0.271 e. The molecule has 0 spiro atoms. The van der Waals surface area contributed by atoms with Crippen LogP contribution >= 0.6 is 0 Å². The topological polar surface area (TPSA) is 123 Å². The number of rotatable bonds is 4. The van der Waals surface area contributed by atoms with Crippen LogP contribution in [0.3, 0.4) is 0 Å². The van der Waals surface area contributed by atoms with E-state index >= 15 is 0 Å². The fourth-order valence-electron chi connectivity index (χ4n) is 1.69. The fraction of sp³-hybridized carbons (Fsp3) is 0.182. The number of hydrogen-bond acceptors (Lipinski definition) is 6. The lowest BCUT2D eigenvalue weighted by Gasteiger charge is -2.11. The van der Waals surface area contributed by atoms with Crippen molar-refractivity contribution >= 4 is 5.91 Å². The van der Waals surface area contributed by atoms with E-state index in [1.165, 1.54) is 20.3 Å². The minimum atomic E-state index is -0.770. The Morgan fingerprint density at radius 2 is 1.89 bits per heavy atom. The van der Waals surface area contributed by atoms with Crippen LogP contribution < -0.4 is 15.2 Å². The SMILES string of the molecule is COc1ccc(OC)c(-c2n[nH]nc2C(N)=O)c1O. The normalized spacial score (nSPS) is 10.2. The summed E-state index contributed by atoms with van der Waals surface area (Å²) in [5.41, 5.74) is 5.38. The van der Waals surface area contributed by atoms with Gasteiger partial charge in [-0.25, -0.2) is 0 Å². The monoisotopic (exact) mass is 264 g/mol. The van der Waals surface area contributed by atoms with Gasteiger partial charge in [0.05, 0.1) is 19.8 Å². The van der Waals surface area contributed by atoms with Crippen molar-refractivity contribution in [2.75, 3.05) is 14.2 Å². The second-order valence-electron chi connectivity index (χ2n) is 3.58. The van der Waals surface area contributed by atoms with Crippen molar-refractivity contribution in [3.05, 3.63) is 17.8 Å². The number of amides is 1. The summed E-state index contributed by atoms with van der Waals surface area (Å²) >= 11 is 0. The van der Waals surface area contributed by atoms with Gasteiger partial charge in [0.1, 0.15) is 11.4 Å². The van der Waals surface area contributed by atoms with Gasteiger partial charge in [-0.2, -0.15) is 15.4 Å². The number of phenols is 1. The van der Waals surface area contributed by atoms with E-state index in [-0.39, 0.29) is 28.5 Å². The lowest BCUT2D eigenvalue weighted by Crippen LogP contribution is -2.13. The van der Waals surface area contributed by atoms with Gasteiger partial charge in [-0.05, 0) is 12.1 Å². The maximum atomic E-state index is 11.3. The summed E-state index contributed by atoms with van der Waals surface area (Å²) in [7, 11) is 2.83. The third-order valence-corrected chi connectivity index (χ3v) is 2.56. The van der Waals surface area contributed by atoms with Gasteiger partial charge in [-0.1, -0.05) is 0 Å². The highest BCUT2D eigenvalue weighted by atomic mass is 16.5. The molecule has 0 aliphatic heterocycles. The molecular formula is C11H12N4O4. The number of carbonyl (C=O) groups is 1. The third-order valence-electron chi connectivity index (χ3n) is 2.56. The zero-order chi connectivity index (χ0) is 14.0. The van der Waals surface area contributed by atoms with E-state index in [1.54, 1.807) is 6.07 Å². The van der Waals surface area contributed by atoms with Gasteiger partial charge < -0.3 is 20.3 Å². The van der Waals surface area contributed by atoms with Crippen molar-refractivity contribution in [1.82, 2.24) is 15.4 Å². The van der Waals surface area contributed by atoms with Crippen molar-refractivity contribution < 1.29 is 19.4 Å². The Bertz CT molecular complexity index is 623. The van der Waals surface area contributed by atoms with Crippen molar-refractivity contribution in [2.45, 2.75) is 0 Å². The van der Waals surface area contributed by atoms with E-state index in [0.717, 1.165) is 0 Å². The van der Waals surface area contributed by atoms with Crippen LogP contribution in [0.2, 0.25) is 0 Å². The van der Waals surface area contributed by atoms with Crippen LogP contribution in [0.25, 0.3) is 11.3 Å². The number of nitrogens with one attached hydrogen (secondary N) is 1. The number of aromatic nitrogens is 3. The summed E-state index contributed by atoms with van der Waals surface area (Å²) in [5, 5.41) is 19.9. The molecule has 0 saturated heterocycles. The molecule has 100 valence electrons. The number of hydrogen-bond donors (Lipinski definition) is 3. The average Bonchev–Trinajstić information content (AvgIpc) is 2.87. The number of benzene rings is 1. The lowest BCUT2D eigenvalue weighted by atomic mass is 10.1. The largest absolute Gasteiger partial charge is 0.504 e.